The summed E-state index contributed by atoms with van der Waals surface area (Å²) >= 11 is 1.34. The van der Waals surface area contributed by atoms with Gasteiger partial charge in [-0.2, -0.15) is 11.3 Å². The third-order valence-electron chi connectivity index (χ3n) is 3.98. The summed E-state index contributed by atoms with van der Waals surface area (Å²) < 4.78 is 45.5. The van der Waals surface area contributed by atoms with E-state index >= 15 is 0 Å². The van der Waals surface area contributed by atoms with Crippen molar-refractivity contribution in [2.45, 2.75) is 12.0 Å². The van der Waals surface area contributed by atoms with Crippen molar-refractivity contribution < 1.29 is 37.0 Å². The van der Waals surface area contributed by atoms with Gasteiger partial charge in [0.25, 0.3) is 0 Å². The van der Waals surface area contributed by atoms with Gasteiger partial charge in [0.15, 0.2) is 5.60 Å². The molecular formula is C19H15F3N2O5S. The van der Waals surface area contributed by atoms with Crippen molar-refractivity contribution in [2.75, 3.05) is 11.9 Å². The van der Waals surface area contributed by atoms with Crippen LogP contribution in [0.4, 0.5) is 18.9 Å². The zero-order valence-corrected chi connectivity index (χ0v) is 15.9. The van der Waals surface area contributed by atoms with E-state index in [0.717, 1.165) is 24.3 Å². The van der Waals surface area contributed by atoms with Crippen LogP contribution in [0.25, 0.3) is 0 Å². The van der Waals surface area contributed by atoms with Crippen LogP contribution in [0.15, 0.2) is 63.9 Å². The summed E-state index contributed by atoms with van der Waals surface area (Å²) in [5, 5.41) is 19.0. The van der Waals surface area contributed by atoms with Crippen LogP contribution in [0.2, 0.25) is 0 Å². The van der Waals surface area contributed by atoms with E-state index in [1.807, 2.05) is 0 Å². The molecule has 2 aromatic heterocycles. The smallest absolute Gasteiger partial charge is 0.466 e. The minimum absolute atomic E-state index is 0.0869. The van der Waals surface area contributed by atoms with Crippen molar-refractivity contribution in [3.8, 4) is 5.75 Å². The second-order valence-corrected chi connectivity index (χ2v) is 6.84. The molecule has 7 nitrogen and oxygen atoms in total. The Morgan fingerprint density at radius 3 is 2.40 bits per heavy atom. The number of thiophene rings is 1. The number of rotatable bonds is 6. The molecule has 0 radical (unpaired) electrons. The Labute approximate surface area is 172 Å². The average Bonchev–Trinajstić information content (AvgIpc) is 3.40. The number of aliphatic hydroxyl groups is 1. The van der Waals surface area contributed by atoms with Crippen LogP contribution in [-0.2, 0) is 15.2 Å². The van der Waals surface area contributed by atoms with Crippen LogP contribution in [0.5, 0.6) is 5.75 Å². The number of furan rings is 1. The van der Waals surface area contributed by atoms with Gasteiger partial charge in [0.2, 0.25) is 0 Å². The molecule has 2 heterocycles. The van der Waals surface area contributed by atoms with Gasteiger partial charge in [-0.25, -0.2) is 0 Å². The number of anilines is 1. The minimum atomic E-state index is -4.84. The second-order valence-electron chi connectivity index (χ2n) is 6.06. The van der Waals surface area contributed by atoms with Gasteiger partial charge in [0.05, 0.1) is 12.8 Å². The predicted octanol–water partition coefficient (Wildman–Crippen LogP) is 3.23. The fourth-order valence-corrected chi connectivity index (χ4v) is 3.29. The van der Waals surface area contributed by atoms with Gasteiger partial charge in [-0.1, -0.05) is 0 Å². The number of halogens is 3. The quantitative estimate of drug-likeness (QED) is 0.511. The SMILES string of the molecule is O=C(NCC(O)(c1ccsc1)c1ccco1)C(=O)Nc1ccc(OC(F)(F)F)cc1. The van der Waals surface area contributed by atoms with Crippen molar-refractivity contribution in [3.63, 3.8) is 0 Å². The van der Waals surface area contributed by atoms with Crippen molar-refractivity contribution in [1.29, 1.82) is 0 Å². The first kappa shape index (κ1) is 21.4. The molecule has 30 heavy (non-hydrogen) atoms. The Balaban J connectivity index is 1.62. The topological polar surface area (TPSA) is 101 Å². The Kier molecular flexibility index (Phi) is 6.13. The van der Waals surface area contributed by atoms with E-state index in [-0.39, 0.29) is 18.0 Å². The highest BCUT2D eigenvalue weighted by atomic mass is 32.1. The standard InChI is InChI=1S/C19H15F3N2O5S/c20-19(21,22)29-14-5-3-13(4-6-14)24-17(26)16(25)23-11-18(27,12-7-9-30-10-12)15-2-1-8-28-15/h1-10,27H,11H2,(H,23,25)(H,24,26). The normalized spacial score (nSPS) is 13.3. The molecule has 158 valence electrons. The number of benzene rings is 1. The zero-order chi connectivity index (χ0) is 21.8. The van der Waals surface area contributed by atoms with Crippen molar-refractivity contribution >= 4 is 28.8 Å². The van der Waals surface area contributed by atoms with Crippen LogP contribution in [0.1, 0.15) is 11.3 Å². The molecule has 3 N–H and O–H groups in total. The van der Waals surface area contributed by atoms with Crippen LogP contribution in [-0.4, -0.2) is 29.8 Å². The lowest BCUT2D eigenvalue weighted by Crippen LogP contribution is -2.45. The van der Waals surface area contributed by atoms with Gasteiger partial charge in [-0.3, -0.25) is 9.59 Å². The molecule has 1 unspecified atom stereocenters. The van der Waals surface area contributed by atoms with Crippen LogP contribution >= 0.6 is 11.3 Å². The van der Waals surface area contributed by atoms with E-state index in [4.69, 9.17) is 4.42 Å². The summed E-state index contributed by atoms with van der Waals surface area (Å²) in [5.74, 6) is -2.40. The molecule has 2 amide bonds. The average molecular weight is 440 g/mol. The Hall–Kier alpha value is -3.31. The van der Waals surface area contributed by atoms with Crippen molar-refractivity contribution in [2.24, 2.45) is 0 Å². The summed E-state index contributed by atoms with van der Waals surface area (Å²) in [5.41, 5.74) is -1.12. The lowest BCUT2D eigenvalue weighted by atomic mass is 9.93. The maximum absolute atomic E-state index is 12.2. The fraction of sp³-hybridized carbons (Fsp3) is 0.158. The number of amides is 2. The van der Waals surface area contributed by atoms with E-state index in [9.17, 15) is 27.9 Å². The lowest BCUT2D eigenvalue weighted by Gasteiger charge is -2.25. The molecule has 0 aliphatic carbocycles. The number of hydrogen-bond acceptors (Lipinski definition) is 6. The number of alkyl halides is 3. The molecule has 0 aliphatic rings. The number of carbonyl (C=O) groups excluding carboxylic acids is 2. The highest BCUT2D eigenvalue weighted by Gasteiger charge is 2.36. The second kappa shape index (κ2) is 8.59. The highest BCUT2D eigenvalue weighted by Crippen LogP contribution is 2.31. The minimum Gasteiger partial charge on any atom is -0.466 e. The number of nitrogens with one attached hydrogen (secondary N) is 2. The molecule has 0 saturated heterocycles. The number of carbonyl (C=O) groups is 2. The maximum atomic E-state index is 12.2. The predicted molar refractivity (Wildman–Crippen MR) is 101 cm³/mol. The third kappa shape index (κ3) is 5.19. The van der Waals surface area contributed by atoms with E-state index in [0.29, 0.717) is 5.56 Å². The first-order valence-corrected chi connectivity index (χ1v) is 9.36. The highest BCUT2D eigenvalue weighted by molar-refractivity contribution is 7.08. The molecule has 0 fully saturated rings. The molecule has 0 bridgehead atoms. The van der Waals surface area contributed by atoms with Crippen LogP contribution in [0.3, 0.4) is 0 Å². The van der Waals surface area contributed by atoms with Gasteiger partial charge in [0.1, 0.15) is 11.5 Å². The van der Waals surface area contributed by atoms with E-state index < -0.39 is 29.5 Å². The molecule has 0 aliphatic heterocycles. The van der Waals surface area contributed by atoms with Gasteiger partial charge < -0.3 is 24.9 Å². The van der Waals surface area contributed by atoms with Crippen molar-refractivity contribution in [1.82, 2.24) is 5.32 Å². The molecule has 3 aromatic rings. The number of hydrogen-bond donors (Lipinski definition) is 3. The van der Waals surface area contributed by atoms with Crippen LogP contribution < -0.4 is 15.4 Å². The Morgan fingerprint density at radius 2 is 1.83 bits per heavy atom. The zero-order valence-electron chi connectivity index (χ0n) is 15.1. The fourth-order valence-electron chi connectivity index (χ4n) is 2.56. The summed E-state index contributed by atoms with van der Waals surface area (Å²) in [4.78, 5) is 24.2. The van der Waals surface area contributed by atoms with Gasteiger partial charge >= 0.3 is 18.2 Å². The molecular weight excluding hydrogens is 425 g/mol. The first-order chi connectivity index (χ1) is 14.2. The molecule has 0 spiro atoms. The largest absolute Gasteiger partial charge is 0.573 e. The molecule has 3 rings (SSSR count). The van der Waals surface area contributed by atoms with Gasteiger partial charge in [-0.15, -0.1) is 13.2 Å². The van der Waals surface area contributed by atoms with Crippen molar-refractivity contribution in [3.05, 3.63) is 70.8 Å². The molecule has 1 atom stereocenters. The molecule has 11 heteroatoms. The summed E-state index contributed by atoms with van der Waals surface area (Å²) in [6, 6.07) is 9.06. The van der Waals surface area contributed by atoms with Gasteiger partial charge in [0, 0.05) is 11.3 Å². The van der Waals surface area contributed by atoms with E-state index in [1.54, 1.807) is 22.9 Å². The van der Waals surface area contributed by atoms with E-state index in [2.05, 4.69) is 15.4 Å². The Bertz CT molecular complexity index is 952. The lowest BCUT2D eigenvalue weighted by molar-refractivity contribution is -0.274. The summed E-state index contributed by atoms with van der Waals surface area (Å²) in [7, 11) is 0. The van der Waals surface area contributed by atoms with Gasteiger partial charge in [-0.05, 0) is 53.2 Å². The van der Waals surface area contributed by atoms with Crippen LogP contribution in [0, 0.1) is 0 Å². The third-order valence-corrected chi connectivity index (χ3v) is 4.67. The number of ether oxygens (including phenoxy) is 1. The summed E-state index contributed by atoms with van der Waals surface area (Å²) in [6.07, 6.45) is -3.47. The van der Waals surface area contributed by atoms with E-state index in [1.165, 1.54) is 23.7 Å². The first-order valence-electron chi connectivity index (χ1n) is 8.41. The monoisotopic (exact) mass is 440 g/mol. The molecule has 0 saturated carbocycles. The molecule has 1 aromatic carbocycles. The maximum Gasteiger partial charge on any atom is 0.573 e. The Morgan fingerprint density at radius 1 is 1.10 bits per heavy atom. The summed E-state index contributed by atoms with van der Waals surface area (Å²) in [6.45, 7) is -0.345.